The number of hydrogen-bond acceptors (Lipinski definition) is 4. The summed E-state index contributed by atoms with van der Waals surface area (Å²) in [5, 5.41) is 17.3. The van der Waals surface area contributed by atoms with Gasteiger partial charge in [0.2, 0.25) is 11.8 Å². The molecule has 0 saturated carbocycles. The first-order valence-electron chi connectivity index (χ1n) is 7.45. The maximum atomic E-state index is 11.9. The van der Waals surface area contributed by atoms with E-state index in [0.29, 0.717) is 19.5 Å². The Kier molecular flexibility index (Phi) is 6.08. The fraction of sp³-hybridized carbons (Fsp3) is 0.294. The topological polar surface area (TPSA) is 81.7 Å². The molecule has 0 radical (unpaired) electrons. The molecule has 0 heterocycles. The van der Waals surface area contributed by atoms with E-state index in [0.717, 1.165) is 21.4 Å². The molecule has 122 valence electrons. The van der Waals surface area contributed by atoms with E-state index < -0.39 is 0 Å². The van der Waals surface area contributed by atoms with Crippen LogP contribution in [0.1, 0.15) is 5.56 Å². The third-order valence-corrected chi connectivity index (χ3v) is 3.32. The number of hydroxylamine groups is 2. The maximum absolute atomic E-state index is 11.9. The normalized spacial score (nSPS) is 10.7. The zero-order chi connectivity index (χ0) is 16.7. The fourth-order valence-electron chi connectivity index (χ4n) is 2.26. The Morgan fingerprint density at radius 3 is 2.35 bits per heavy atom. The van der Waals surface area contributed by atoms with Gasteiger partial charge in [0.05, 0.1) is 6.42 Å². The molecule has 0 aliphatic heterocycles. The molecule has 0 atom stereocenters. The van der Waals surface area contributed by atoms with Crippen LogP contribution in [0.15, 0.2) is 42.5 Å². The third kappa shape index (κ3) is 5.69. The minimum atomic E-state index is -0.293. The number of carbonyl (C=O) groups is 2. The number of fused-ring (bicyclic) bond motifs is 1. The second-order valence-corrected chi connectivity index (χ2v) is 5.37. The van der Waals surface area contributed by atoms with Crippen LogP contribution in [-0.4, -0.2) is 48.8 Å². The number of benzene rings is 2. The van der Waals surface area contributed by atoms with Crippen LogP contribution in [-0.2, 0) is 16.0 Å². The zero-order valence-corrected chi connectivity index (χ0v) is 13.1. The van der Waals surface area contributed by atoms with Crippen LogP contribution >= 0.6 is 0 Å². The lowest BCUT2D eigenvalue weighted by atomic mass is 10.1. The van der Waals surface area contributed by atoms with E-state index in [1.165, 1.54) is 7.05 Å². The lowest BCUT2D eigenvalue weighted by molar-refractivity contribution is -0.133. The van der Waals surface area contributed by atoms with E-state index in [9.17, 15) is 9.59 Å². The van der Waals surface area contributed by atoms with Crippen molar-refractivity contribution in [2.75, 3.05) is 26.7 Å². The first-order valence-corrected chi connectivity index (χ1v) is 7.45. The van der Waals surface area contributed by atoms with Gasteiger partial charge < -0.3 is 15.8 Å². The van der Waals surface area contributed by atoms with Crippen LogP contribution in [0.5, 0.6) is 0 Å². The first-order chi connectivity index (χ1) is 11.0. The molecule has 3 N–H and O–H groups in total. The molecular weight excluding hydrogens is 294 g/mol. The lowest BCUT2D eigenvalue weighted by Gasteiger charge is -2.10. The smallest absolute Gasteiger partial charge is 0.236 e. The molecule has 2 aromatic rings. The van der Waals surface area contributed by atoms with Gasteiger partial charge in [-0.25, -0.2) is 0 Å². The Labute approximate surface area is 135 Å². The van der Waals surface area contributed by atoms with Gasteiger partial charge in [-0.1, -0.05) is 42.5 Å². The summed E-state index contributed by atoms with van der Waals surface area (Å²) in [5.41, 5.74) is 0.951. The van der Waals surface area contributed by atoms with Gasteiger partial charge in [0.1, 0.15) is 6.54 Å². The molecule has 0 unspecified atom stereocenters. The monoisotopic (exact) mass is 315 g/mol. The van der Waals surface area contributed by atoms with Gasteiger partial charge in [-0.3, -0.25) is 9.59 Å². The van der Waals surface area contributed by atoms with Crippen molar-refractivity contribution < 1.29 is 14.8 Å². The van der Waals surface area contributed by atoms with E-state index in [4.69, 9.17) is 5.21 Å². The van der Waals surface area contributed by atoms with E-state index in [1.807, 2.05) is 42.5 Å². The minimum absolute atomic E-state index is 0.0891. The molecule has 0 fully saturated rings. The van der Waals surface area contributed by atoms with E-state index in [2.05, 4.69) is 10.6 Å². The molecule has 6 heteroatoms. The molecule has 0 saturated heterocycles. The summed E-state index contributed by atoms with van der Waals surface area (Å²) in [4.78, 5) is 23.2. The van der Waals surface area contributed by atoms with Crippen molar-refractivity contribution in [2.45, 2.75) is 6.42 Å². The van der Waals surface area contributed by atoms with Gasteiger partial charge in [0.25, 0.3) is 0 Å². The fourth-order valence-corrected chi connectivity index (χ4v) is 2.26. The highest BCUT2D eigenvalue weighted by Crippen LogP contribution is 2.15. The van der Waals surface area contributed by atoms with E-state index in [-0.39, 0.29) is 18.4 Å². The molecule has 0 bridgehead atoms. The second-order valence-electron chi connectivity index (χ2n) is 5.37. The number of nitrogens with one attached hydrogen (secondary N) is 2. The van der Waals surface area contributed by atoms with Crippen LogP contribution in [0, 0.1) is 0 Å². The molecule has 2 amide bonds. The van der Waals surface area contributed by atoms with Crippen LogP contribution < -0.4 is 10.6 Å². The quantitative estimate of drug-likeness (QED) is 0.524. The van der Waals surface area contributed by atoms with Gasteiger partial charge in [-0.15, -0.1) is 0 Å². The number of carbonyl (C=O) groups excluding carboxylic acids is 2. The molecular formula is C17H21N3O3. The summed E-state index contributed by atoms with van der Waals surface area (Å²) >= 11 is 0. The second kappa shape index (κ2) is 8.26. The summed E-state index contributed by atoms with van der Waals surface area (Å²) < 4.78 is 0. The standard InChI is InChI=1S/C17H21N3O3/c1-20(23)12-17(22)19-9-8-18-16(21)11-13-6-7-14-4-2-3-5-15(14)10-13/h2-7,10,23H,8-9,11-12H2,1H3,(H,18,21)(H,19,22). The van der Waals surface area contributed by atoms with Crippen LogP contribution in [0.3, 0.4) is 0 Å². The lowest BCUT2D eigenvalue weighted by Crippen LogP contribution is -2.39. The van der Waals surface area contributed by atoms with Gasteiger partial charge in [-0.2, -0.15) is 5.06 Å². The van der Waals surface area contributed by atoms with Gasteiger partial charge in [0, 0.05) is 20.1 Å². The number of rotatable bonds is 7. The molecule has 6 nitrogen and oxygen atoms in total. The van der Waals surface area contributed by atoms with Crippen molar-refractivity contribution in [1.82, 2.24) is 15.7 Å². The minimum Gasteiger partial charge on any atom is -0.354 e. The Morgan fingerprint density at radius 2 is 1.65 bits per heavy atom. The SMILES string of the molecule is CN(O)CC(=O)NCCNC(=O)Cc1ccc2ccccc2c1. The van der Waals surface area contributed by atoms with Gasteiger partial charge in [-0.05, 0) is 16.3 Å². The summed E-state index contributed by atoms with van der Waals surface area (Å²) in [5.74, 6) is -0.382. The average Bonchev–Trinajstić information content (AvgIpc) is 2.51. The summed E-state index contributed by atoms with van der Waals surface area (Å²) in [6, 6.07) is 14.0. The Morgan fingerprint density at radius 1 is 1.00 bits per heavy atom. The van der Waals surface area contributed by atoms with Crippen molar-refractivity contribution in [3.63, 3.8) is 0 Å². The maximum Gasteiger partial charge on any atom is 0.236 e. The molecule has 23 heavy (non-hydrogen) atoms. The summed E-state index contributed by atoms with van der Waals surface area (Å²) in [7, 11) is 1.39. The summed E-state index contributed by atoms with van der Waals surface area (Å²) in [6.07, 6.45) is 0.304. The number of amides is 2. The predicted molar refractivity (Wildman–Crippen MR) is 88.1 cm³/mol. The van der Waals surface area contributed by atoms with Crippen molar-refractivity contribution in [3.05, 3.63) is 48.0 Å². The molecule has 0 aliphatic carbocycles. The Bertz CT molecular complexity index is 686. The third-order valence-electron chi connectivity index (χ3n) is 3.32. The van der Waals surface area contributed by atoms with E-state index in [1.54, 1.807) is 0 Å². The van der Waals surface area contributed by atoms with Crippen molar-refractivity contribution >= 4 is 22.6 Å². The van der Waals surface area contributed by atoms with Crippen LogP contribution in [0.2, 0.25) is 0 Å². The number of likely N-dealkylation sites (N-methyl/N-ethyl adjacent to an activating group) is 1. The van der Waals surface area contributed by atoms with Crippen LogP contribution in [0.4, 0.5) is 0 Å². The molecule has 2 aromatic carbocycles. The molecule has 0 aromatic heterocycles. The molecule has 0 spiro atoms. The highest BCUT2D eigenvalue weighted by Gasteiger charge is 2.05. The van der Waals surface area contributed by atoms with Crippen molar-refractivity contribution in [2.24, 2.45) is 0 Å². The molecule has 2 rings (SSSR count). The number of hydrogen-bond donors (Lipinski definition) is 3. The van der Waals surface area contributed by atoms with E-state index >= 15 is 0 Å². The predicted octanol–water partition coefficient (Wildman–Crippen LogP) is 0.936. The van der Waals surface area contributed by atoms with Gasteiger partial charge >= 0.3 is 0 Å². The van der Waals surface area contributed by atoms with Crippen LogP contribution in [0.25, 0.3) is 10.8 Å². The Hall–Kier alpha value is -2.44. The Balaban J connectivity index is 1.74. The van der Waals surface area contributed by atoms with Gasteiger partial charge in [0.15, 0.2) is 0 Å². The average molecular weight is 315 g/mol. The largest absolute Gasteiger partial charge is 0.354 e. The molecule has 0 aliphatic rings. The highest BCUT2D eigenvalue weighted by atomic mass is 16.5. The highest BCUT2D eigenvalue weighted by molar-refractivity contribution is 5.85. The summed E-state index contributed by atoms with van der Waals surface area (Å²) in [6.45, 7) is 0.592. The number of nitrogens with zero attached hydrogens (tertiary/aromatic N) is 1. The van der Waals surface area contributed by atoms with Crippen molar-refractivity contribution in [3.8, 4) is 0 Å². The zero-order valence-electron chi connectivity index (χ0n) is 13.1. The first kappa shape index (κ1) is 16.9. The van der Waals surface area contributed by atoms with Crippen molar-refractivity contribution in [1.29, 1.82) is 0 Å².